The van der Waals surface area contributed by atoms with E-state index in [1.807, 2.05) is 31.2 Å². The first kappa shape index (κ1) is 10.1. The SMILES string of the molecule is CC[C@@](C)(N)c1cccc(OC)c1. The third-order valence-electron chi connectivity index (χ3n) is 2.46. The summed E-state index contributed by atoms with van der Waals surface area (Å²) < 4.78 is 5.14. The Bertz CT molecular complexity index is 281. The Morgan fingerprint density at radius 2 is 2.15 bits per heavy atom. The number of methoxy groups -OCH3 is 1. The molecule has 0 aromatic heterocycles. The highest BCUT2D eigenvalue weighted by Gasteiger charge is 2.18. The maximum absolute atomic E-state index is 6.11. The average molecular weight is 179 g/mol. The van der Waals surface area contributed by atoms with Crippen LogP contribution < -0.4 is 10.5 Å². The fraction of sp³-hybridized carbons (Fsp3) is 0.455. The molecule has 0 fully saturated rings. The lowest BCUT2D eigenvalue weighted by atomic mass is 9.90. The zero-order valence-electron chi connectivity index (χ0n) is 8.50. The molecule has 0 saturated heterocycles. The van der Waals surface area contributed by atoms with Crippen molar-refractivity contribution in [3.05, 3.63) is 29.8 Å². The second-order valence-corrected chi connectivity index (χ2v) is 3.50. The fourth-order valence-electron chi connectivity index (χ4n) is 1.18. The van der Waals surface area contributed by atoms with Crippen LogP contribution in [-0.4, -0.2) is 7.11 Å². The highest BCUT2D eigenvalue weighted by Crippen LogP contribution is 2.24. The van der Waals surface area contributed by atoms with Gasteiger partial charge in [0.05, 0.1) is 7.11 Å². The van der Waals surface area contributed by atoms with E-state index in [1.54, 1.807) is 7.11 Å². The van der Waals surface area contributed by atoms with Crippen molar-refractivity contribution in [2.45, 2.75) is 25.8 Å². The molecule has 0 unspecified atom stereocenters. The molecule has 72 valence electrons. The number of benzene rings is 1. The standard InChI is InChI=1S/C11H17NO/c1-4-11(2,12)9-6-5-7-10(8-9)13-3/h5-8H,4,12H2,1-3H3/t11-/m1/s1. The van der Waals surface area contributed by atoms with Crippen LogP contribution in [0.3, 0.4) is 0 Å². The molecule has 0 amide bonds. The number of nitrogens with two attached hydrogens (primary N) is 1. The van der Waals surface area contributed by atoms with Gasteiger partial charge in [0.1, 0.15) is 5.75 Å². The van der Waals surface area contributed by atoms with Gasteiger partial charge in [-0.1, -0.05) is 19.1 Å². The van der Waals surface area contributed by atoms with Crippen LogP contribution in [0.25, 0.3) is 0 Å². The van der Waals surface area contributed by atoms with E-state index in [4.69, 9.17) is 10.5 Å². The molecule has 13 heavy (non-hydrogen) atoms. The first-order valence-corrected chi connectivity index (χ1v) is 4.53. The zero-order chi connectivity index (χ0) is 9.90. The number of rotatable bonds is 3. The average Bonchev–Trinajstić information content (AvgIpc) is 2.18. The Balaban J connectivity index is 3.01. The van der Waals surface area contributed by atoms with E-state index in [1.165, 1.54) is 0 Å². The number of ether oxygens (including phenoxy) is 1. The minimum Gasteiger partial charge on any atom is -0.497 e. The van der Waals surface area contributed by atoms with Crippen LogP contribution in [0.4, 0.5) is 0 Å². The predicted octanol–water partition coefficient (Wildman–Crippen LogP) is 2.28. The monoisotopic (exact) mass is 179 g/mol. The van der Waals surface area contributed by atoms with Gasteiger partial charge in [-0.15, -0.1) is 0 Å². The molecular formula is C11H17NO. The molecule has 1 aromatic rings. The Kier molecular flexibility index (Phi) is 2.94. The van der Waals surface area contributed by atoms with Crippen molar-refractivity contribution in [2.24, 2.45) is 5.73 Å². The lowest BCUT2D eigenvalue weighted by molar-refractivity contribution is 0.409. The lowest BCUT2D eigenvalue weighted by Crippen LogP contribution is -2.31. The Hall–Kier alpha value is -1.02. The molecule has 0 aliphatic carbocycles. The van der Waals surface area contributed by atoms with Crippen LogP contribution in [0.1, 0.15) is 25.8 Å². The quantitative estimate of drug-likeness (QED) is 0.772. The van der Waals surface area contributed by atoms with Crippen molar-refractivity contribution in [2.75, 3.05) is 7.11 Å². The molecule has 0 heterocycles. The van der Waals surface area contributed by atoms with E-state index >= 15 is 0 Å². The van der Waals surface area contributed by atoms with Crippen molar-refractivity contribution >= 4 is 0 Å². The molecule has 0 spiro atoms. The second kappa shape index (κ2) is 3.79. The van der Waals surface area contributed by atoms with E-state index in [0.29, 0.717) is 0 Å². The summed E-state index contributed by atoms with van der Waals surface area (Å²) in [6.45, 7) is 4.11. The van der Waals surface area contributed by atoms with Crippen LogP contribution >= 0.6 is 0 Å². The van der Waals surface area contributed by atoms with Gasteiger partial charge < -0.3 is 10.5 Å². The predicted molar refractivity (Wildman–Crippen MR) is 54.8 cm³/mol. The third-order valence-corrected chi connectivity index (χ3v) is 2.46. The van der Waals surface area contributed by atoms with Crippen molar-refractivity contribution in [1.82, 2.24) is 0 Å². The van der Waals surface area contributed by atoms with Gasteiger partial charge in [-0.05, 0) is 31.0 Å². The zero-order valence-corrected chi connectivity index (χ0v) is 8.50. The highest BCUT2D eigenvalue weighted by molar-refractivity contribution is 5.32. The van der Waals surface area contributed by atoms with Crippen LogP contribution in [0.5, 0.6) is 5.75 Å². The van der Waals surface area contributed by atoms with E-state index < -0.39 is 0 Å². The molecule has 0 bridgehead atoms. The summed E-state index contributed by atoms with van der Waals surface area (Å²) >= 11 is 0. The van der Waals surface area contributed by atoms with Gasteiger partial charge >= 0.3 is 0 Å². The molecule has 2 N–H and O–H groups in total. The first-order valence-electron chi connectivity index (χ1n) is 4.53. The topological polar surface area (TPSA) is 35.2 Å². The smallest absolute Gasteiger partial charge is 0.119 e. The van der Waals surface area contributed by atoms with Crippen molar-refractivity contribution in [1.29, 1.82) is 0 Å². The molecule has 0 radical (unpaired) electrons. The Morgan fingerprint density at radius 1 is 1.46 bits per heavy atom. The van der Waals surface area contributed by atoms with Gasteiger partial charge in [0.2, 0.25) is 0 Å². The third kappa shape index (κ3) is 2.22. The van der Waals surface area contributed by atoms with Gasteiger partial charge in [-0.25, -0.2) is 0 Å². The van der Waals surface area contributed by atoms with Crippen molar-refractivity contribution < 1.29 is 4.74 Å². The molecule has 0 aliphatic heterocycles. The number of hydrogen-bond donors (Lipinski definition) is 1. The minimum absolute atomic E-state index is 0.255. The van der Waals surface area contributed by atoms with Gasteiger partial charge in [0.15, 0.2) is 0 Å². The summed E-state index contributed by atoms with van der Waals surface area (Å²) in [4.78, 5) is 0. The van der Waals surface area contributed by atoms with Crippen LogP contribution in [0.15, 0.2) is 24.3 Å². The van der Waals surface area contributed by atoms with Gasteiger partial charge in [-0.2, -0.15) is 0 Å². The van der Waals surface area contributed by atoms with Crippen LogP contribution in [0.2, 0.25) is 0 Å². The summed E-state index contributed by atoms with van der Waals surface area (Å²) in [6, 6.07) is 7.92. The van der Waals surface area contributed by atoms with Crippen LogP contribution in [0, 0.1) is 0 Å². The Labute approximate surface area is 79.7 Å². The van der Waals surface area contributed by atoms with Crippen molar-refractivity contribution in [3.63, 3.8) is 0 Å². The fourth-order valence-corrected chi connectivity index (χ4v) is 1.18. The normalized spacial score (nSPS) is 15.1. The van der Waals surface area contributed by atoms with E-state index in [0.717, 1.165) is 17.7 Å². The molecule has 0 saturated carbocycles. The van der Waals surface area contributed by atoms with Crippen molar-refractivity contribution in [3.8, 4) is 5.75 Å². The van der Waals surface area contributed by atoms with E-state index in [9.17, 15) is 0 Å². The molecule has 0 aliphatic rings. The molecule has 1 aromatic carbocycles. The molecular weight excluding hydrogens is 162 g/mol. The largest absolute Gasteiger partial charge is 0.497 e. The second-order valence-electron chi connectivity index (χ2n) is 3.50. The minimum atomic E-state index is -0.255. The van der Waals surface area contributed by atoms with E-state index in [2.05, 4.69) is 6.92 Å². The summed E-state index contributed by atoms with van der Waals surface area (Å²) in [6.07, 6.45) is 0.917. The Morgan fingerprint density at radius 3 is 2.69 bits per heavy atom. The maximum atomic E-state index is 6.11. The molecule has 2 heteroatoms. The summed E-state index contributed by atoms with van der Waals surface area (Å²) in [5.74, 6) is 0.864. The van der Waals surface area contributed by atoms with Crippen LogP contribution in [-0.2, 0) is 5.54 Å². The molecule has 1 atom stereocenters. The maximum Gasteiger partial charge on any atom is 0.119 e. The van der Waals surface area contributed by atoms with E-state index in [-0.39, 0.29) is 5.54 Å². The van der Waals surface area contributed by atoms with Gasteiger partial charge in [-0.3, -0.25) is 0 Å². The first-order chi connectivity index (χ1) is 6.10. The molecule has 1 rings (SSSR count). The lowest BCUT2D eigenvalue weighted by Gasteiger charge is -2.23. The summed E-state index contributed by atoms with van der Waals surface area (Å²) in [7, 11) is 1.67. The van der Waals surface area contributed by atoms with Gasteiger partial charge in [0, 0.05) is 5.54 Å². The number of hydrogen-bond acceptors (Lipinski definition) is 2. The highest BCUT2D eigenvalue weighted by atomic mass is 16.5. The summed E-state index contributed by atoms with van der Waals surface area (Å²) in [5.41, 5.74) is 6.97. The van der Waals surface area contributed by atoms with Gasteiger partial charge in [0.25, 0.3) is 0 Å². The molecule has 2 nitrogen and oxygen atoms in total. The summed E-state index contributed by atoms with van der Waals surface area (Å²) in [5, 5.41) is 0.